The minimum absolute atomic E-state index is 0.0347. The van der Waals surface area contributed by atoms with E-state index in [0.717, 1.165) is 0 Å². The molecular weight excluding hydrogens is 92.1 g/mol. The second-order valence-electron chi connectivity index (χ2n) is 1.82. The number of hydrogen-bond acceptors (Lipinski definition) is 2. The van der Waals surface area contributed by atoms with Crippen molar-refractivity contribution in [2.45, 2.75) is 19.0 Å². The summed E-state index contributed by atoms with van der Waals surface area (Å²) in [4.78, 5) is 10.2. The van der Waals surface area contributed by atoms with Gasteiger partial charge in [-0.05, 0) is 6.92 Å². The Hall–Kier alpha value is -0.570. The molecule has 0 spiro atoms. The second-order valence-corrected chi connectivity index (χ2v) is 1.82. The largest absolute Gasteiger partial charge is 0.350 e. The fourth-order valence-electron chi connectivity index (χ4n) is 0.541. The lowest BCUT2D eigenvalue weighted by atomic mass is 10.0. The van der Waals surface area contributed by atoms with Crippen LogP contribution in [0.15, 0.2) is 0 Å². The van der Waals surface area contributed by atoms with Gasteiger partial charge in [-0.2, -0.15) is 0 Å². The van der Waals surface area contributed by atoms with Crippen LogP contribution in [0.3, 0.4) is 0 Å². The van der Waals surface area contributed by atoms with E-state index < -0.39 is 0 Å². The number of carbonyl (C=O) groups excluding carboxylic acids is 1. The highest BCUT2D eigenvalue weighted by Crippen LogP contribution is 1.99. The highest BCUT2D eigenvalue weighted by atomic mass is 16.2. The summed E-state index contributed by atoms with van der Waals surface area (Å²) in [6.45, 7) is 1.88. The van der Waals surface area contributed by atoms with Gasteiger partial charge in [-0.1, -0.05) is 0 Å². The molecule has 1 heterocycles. The maximum absolute atomic E-state index is 10.2. The Morgan fingerprint density at radius 1 is 1.86 bits per heavy atom. The van der Waals surface area contributed by atoms with E-state index in [4.69, 9.17) is 5.73 Å². The second kappa shape index (κ2) is 1.20. The predicted octanol–water partition coefficient (Wildman–Crippen LogP) is -1.17. The van der Waals surface area contributed by atoms with Gasteiger partial charge in [-0.3, -0.25) is 4.79 Å². The van der Waals surface area contributed by atoms with Gasteiger partial charge < -0.3 is 11.1 Å². The summed E-state index contributed by atoms with van der Waals surface area (Å²) in [5.41, 5.74) is 5.25. The van der Waals surface area contributed by atoms with Crippen LogP contribution < -0.4 is 11.1 Å². The minimum Gasteiger partial charge on any atom is -0.350 e. The molecule has 1 amide bonds. The van der Waals surface area contributed by atoms with Crippen LogP contribution in [0.1, 0.15) is 6.92 Å². The molecule has 0 aliphatic carbocycles. The van der Waals surface area contributed by atoms with E-state index in [2.05, 4.69) is 5.32 Å². The first-order chi connectivity index (χ1) is 3.22. The van der Waals surface area contributed by atoms with E-state index in [-0.39, 0.29) is 18.0 Å². The molecule has 1 saturated heterocycles. The maximum Gasteiger partial charge on any atom is 0.239 e. The standard InChI is InChI=1S/C4H8N2O/c1-2-3(5)4(7)6-2/h2-3H,5H2,1H3,(H,6,7)/t2?,3-/m0/s1. The summed E-state index contributed by atoms with van der Waals surface area (Å²) in [6, 6.07) is -0.0625. The van der Waals surface area contributed by atoms with Gasteiger partial charge in [0, 0.05) is 0 Å². The van der Waals surface area contributed by atoms with Crippen molar-refractivity contribution in [3.8, 4) is 0 Å². The summed E-state index contributed by atoms with van der Waals surface area (Å²) in [5, 5.41) is 2.59. The molecule has 1 aliphatic heterocycles. The van der Waals surface area contributed by atoms with Crippen molar-refractivity contribution in [2.75, 3.05) is 0 Å². The van der Waals surface area contributed by atoms with Gasteiger partial charge in [0.1, 0.15) is 6.04 Å². The normalized spacial score (nSPS) is 39.4. The molecule has 0 aromatic rings. The van der Waals surface area contributed by atoms with E-state index in [1.807, 2.05) is 6.92 Å². The first kappa shape index (κ1) is 4.59. The number of β-lactam (4-membered cyclic amide) rings is 1. The smallest absolute Gasteiger partial charge is 0.239 e. The SMILES string of the molecule is CC1NC(=O)[C@H]1N. The van der Waals surface area contributed by atoms with Crippen LogP contribution in [0.25, 0.3) is 0 Å². The van der Waals surface area contributed by atoms with Crippen LogP contribution in [0, 0.1) is 0 Å². The molecule has 3 nitrogen and oxygen atoms in total. The Kier molecular flexibility index (Phi) is 0.785. The van der Waals surface area contributed by atoms with Gasteiger partial charge in [0.2, 0.25) is 5.91 Å². The van der Waals surface area contributed by atoms with Crippen LogP contribution in [0.4, 0.5) is 0 Å². The van der Waals surface area contributed by atoms with Crippen molar-refractivity contribution in [2.24, 2.45) is 5.73 Å². The molecule has 0 aromatic heterocycles. The summed E-state index contributed by atoms with van der Waals surface area (Å²) >= 11 is 0. The maximum atomic E-state index is 10.2. The molecular formula is C4H8N2O. The van der Waals surface area contributed by atoms with E-state index in [1.54, 1.807) is 0 Å². The molecule has 3 heteroatoms. The molecule has 1 fully saturated rings. The van der Waals surface area contributed by atoms with Crippen molar-refractivity contribution in [3.63, 3.8) is 0 Å². The molecule has 1 unspecified atom stereocenters. The van der Waals surface area contributed by atoms with Crippen molar-refractivity contribution in [1.82, 2.24) is 5.32 Å². The molecule has 7 heavy (non-hydrogen) atoms. The van der Waals surface area contributed by atoms with E-state index in [0.29, 0.717) is 0 Å². The van der Waals surface area contributed by atoms with E-state index >= 15 is 0 Å². The molecule has 40 valence electrons. The Morgan fingerprint density at radius 3 is 2.43 bits per heavy atom. The third kappa shape index (κ3) is 0.489. The van der Waals surface area contributed by atoms with Gasteiger partial charge >= 0.3 is 0 Å². The molecule has 0 bridgehead atoms. The van der Waals surface area contributed by atoms with Crippen LogP contribution in [-0.4, -0.2) is 18.0 Å². The first-order valence-electron chi connectivity index (χ1n) is 2.28. The molecule has 1 rings (SSSR count). The quantitative estimate of drug-likeness (QED) is 0.377. The lowest BCUT2D eigenvalue weighted by Crippen LogP contribution is -2.65. The third-order valence-electron chi connectivity index (χ3n) is 1.21. The zero-order valence-electron chi connectivity index (χ0n) is 4.14. The topological polar surface area (TPSA) is 55.1 Å². The van der Waals surface area contributed by atoms with Gasteiger partial charge in [0.25, 0.3) is 0 Å². The number of rotatable bonds is 0. The highest BCUT2D eigenvalue weighted by Gasteiger charge is 2.31. The molecule has 0 saturated carbocycles. The first-order valence-corrected chi connectivity index (χ1v) is 2.28. The van der Waals surface area contributed by atoms with Gasteiger partial charge in [0.15, 0.2) is 0 Å². The Balaban J connectivity index is 2.43. The third-order valence-corrected chi connectivity index (χ3v) is 1.21. The summed E-state index contributed by atoms with van der Waals surface area (Å²) in [6.07, 6.45) is 0. The molecule has 0 radical (unpaired) electrons. The van der Waals surface area contributed by atoms with Crippen molar-refractivity contribution in [3.05, 3.63) is 0 Å². The van der Waals surface area contributed by atoms with Crippen molar-refractivity contribution < 1.29 is 4.79 Å². The summed E-state index contributed by atoms with van der Waals surface area (Å²) in [7, 11) is 0. The number of nitrogens with two attached hydrogens (primary N) is 1. The van der Waals surface area contributed by atoms with Gasteiger partial charge in [-0.25, -0.2) is 0 Å². The van der Waals surface area contributed by atoms with Crippen molar-refractivity contribution in [1.29, 1.82) is 0 Å². The molecule has 0 aromatic carbocycles. The zero-order valence-corrected chi connectivity index (χ0v) is 4.14. The average Bonchev–Trinajstić information content (AvgIpc) is 1.68. The monoisotopic (exact) mass is 100 g/mol. The van der Waals surface area contributed by atoms with Crippen LogP contribution in [0.2, 0.25) is 0 Å². The molecule has 3 N–H and O–H groups in total. The van der Waals surface area contributed by atoms with E-state index in [1.165, 1.54) is 0 Å². The number of hydrogen-bond donors (Lipinski definition) is 2. The van der Waals surface area contributed by atoms with E-state index in [9.17, 15) is 4.79 Å². The van der Waals surface area contributed by atoms with Crippen LogP contribution in [-0.2, 0) is 4.79 Å². The Morgan fingerprint density at radius 2 is 2.43 bits per heavy atom. The zero-order chi connectivity index (χ0) is 5.44. The Bertz CT molecular complexity index is 102. The van der Waals surface area contributed by atoms with Crippen LogP contribution >= 0.6 is 0 Å². The van der Waals surface area contributed by atoms with Gasteiger partial charge in [-0.15, -0.1) is 0 Å². The highest BCUT2D eigenvalue weighted by molar-refractivity contribution is 5.88. The number of nitrogens with one attached hydrogen (secondary N) is 1. The fourth-order valence-corrected chi connectivity index (χ4v) is 0.541. The predicted molar refractivity (Wildman–Crippen MR) is 25.6 cm³/mol. The summed E-state index contributed by atoms with van der Waals surface area (Å²) in [5.74, 6) is -0.0347. The number of amides is 1. The molecule has 1 aliphatic rings. The Labute approximate surface area is 41.9 Å². The fraction of sp³-hybridized carbons (Fsp3) is 0.750. The van der Waals surface area contributed by atoms with Crippen molar-refractivity contribution >= 4 is 5.91 Å². The lowest BCUT2D eigenvalue weighted by molar-refractivity contribution is -0.129. The summed E-state index contributed by atoms with van der Waals surface area (Å²) < 4.78 is 0. The lowest BCUT2D eigenvalue weighted by Gasteiger charge is -2.30. The average molecular weight is 100 g/mol. The minimum atomic E-state index is -0.250. The number of carbonyl (C=O) groups is 1. The molecule has 2 atom stereocenters. The van der Waals surface area contributed by atoms with Crippen LogP contribution in [0.5, 0.6) is 0 Å². The van der Waals surface area contributed by atoms with Gasteiger partial charge in [0.05, 0.1) is 6.04 Å².